The number of likely N-dealkylation sites (tertiary alicyclic amines) is 1. The maximum atomic E-state index is 2.88. The Morgan fingerprint density at radius 3 is 2.20 bits per heavy atom. The Bertz CT molecular complexity index is 584. The first-order valence-electron chi connectivity index (χ1n) is 10.5. The molecule has 25 heavy (non-hydrogen) atoms. The minimum absolute atomic E-state index is 0.311. The maximum Gasteiger partial charge on any atom is 0.0460 e. The molecule has 1 saturated heterocycles. The van der Waals surface area contributed by atoms with Gasteiger partial charge in [0, 0.05) is 5.54 Å². The van der Waals surface area contributed by atoms with Crippen LogP contribution in [0.25, 0.3) is 0 Å². The molecule has 1 heteroatoms. The standard InChI is InChI=1S/C24H33N/c1-2-10-18-24(17-9-1,23-13-7-4-8-14-23)25-19-15-22(16-20-25)21-11-5-3-6-12-21/h3-8,11,13-14,21-22H,1-2,9-10,12,15-20H2. The molecule has 1 aromatic rings. The highest BCUT2D eigenvalue weighted by molar-refractivity contribution is 5.25. The smallest absolute Gasteiger partial charge is 0.0460 e. The lowest BCUT2D eigenvalue weighted by Crippen LogP contribution is -2.50. The van der Waals surface area contributed by atoms with E-state index in [0.717, 1.165) is 11.8 Å². The highest BCUT2D eigenvalue weighted by atomic mass is 15.2. The molecule has 0 radical (unpaired) electrons. The largest absolute Gasteiger partial charge is 0.294 e. The van der Waals surface area contributed by atoms with Crippen LogP contribution in [0.1, 0.15) is 63.4 Å². The molecule has 0 amide bonds. The average Bonchev–Trinajstić information content (AvgIpc) is 2.97. The number of allylic oxidation sites excluding steroid dienone is 4. The molecule has 1 nitrogen and oxygen atoms in total. The van der Waals surface area contributed by atoms with Crippen LogP contribution in [0.15, 0.2) is 54.6 Å². The average molecular weight is 336 g/mol. The summed E-state index contributed by atoms with van der Waals surface area (Å²) >= 11 is 0. The molecule has 3 aliphatic rings. The molecule has 4 rings (SSSR count). The van der Waals surface area contributed by atoms with Crippen LogP contribution in [0.2, 0.25) is 0 Å². The third-order valence-corrected chi connectivity index (χ3v) is 7.01. The Balaban J connectivity index is 1.51. The van der Waals surface area contributed by atoms with E-state index in [0.29, 0.717) is 5.54 Å². The highest BCUT2D eigenvalue weighted by Crippen LogP contribution is 2.44. The maximum absolute atomic E-state index is 2.88. The first-order chi connectivity index (χ1) is 12.4. The zero-order chi connectivity index (χ0) is 17.0. The Morgan fingerprint density at radius 1 is 0.840 bits per heavy atom. The van der Waals surface area contributed by atoms with Crippen molar-refractivity contribution in [2.75, 3.05) is 13.1 Å². The van der Waals surface area contributed by atoms with Gasteiger partial charge < -0.3 is 0 Å². The number of benzene rings is 1. The molecule has 0 N–H and O–H groups in total. The Morgan fingerprint density at radius 2 is 1.56 bits per heavy atom. The van der Waals surface area contributed by atoms with Gasteiger partial charge in [-0.05, 0) is 62.6 Å². The first-order valence-corrected chi connectivity index (χ1v) is 10.5. The van der Waals surface area contributed by atoms with Crippen LogP contribution >= 0.6 is 0 Å². The number of piperidine rings is 1. The highest BCUT2D eigenvalue weighted by Gasteiger charge is 2.40. The van der Waals surface area contributed by atoms with Gasteiger partial charge in [0.2, 0.25) is 0 Å². The predicted octanol–water partition coefficient (Wildman–Crippen LogP) is 6.08. The molecule has 0 aromatic heterocycles. The van der Waals surface area contributed by atoms with E-state index in [1.54, 1.807) is 5.56 Å². The van der Waals surface area contributed by atoms with E-state index in [1.165, 1.54) is 70.9 Å². The van der Waals surface area contributed by atoms with Crippen molar-refractivity contribution in [1.29, 1.82) is 0 Å². The fourth-order valence-electron chi connectivity index (χ4n) is 5.55. The van der Waals surface area contributed by atoms with Crippen molar-refractivity contribution in [3.63, 3.8) is 0 Å². The van der Waals surface area contributed by atoms with E-state index < -0.39 is 0 Å². The zero-order valence-electron chi connectivity index (χ0n) is 15.6. The predicted molar refractivity (Wildman–Crippen MR) is 107 cm³/mol. The first kappa shape index (κ1) is 17.1. The summed E-state index contributed by atoms with van der Waals surface area (Å²) in [6.07, 6.45) is 21.6. The second-order valence-electron chi connectivity index (χ2n) is 8.35. The van der Waals surface area contributed by atoms with Gasteiger partial charge in [0.15, 0.2) is 0 Å². The summed E-state index contributed by atoms with van der Waals surface area (Å²) < 4.78 is 0. The Labute approximate surface area is 153 Å². The molecule has 1 atom stereocenters. The van der Waals surface area contributed by atoms with Gasteiger partial charge in [0.05, 0.1) is 0 Å². The zero-order valence-corrected chi connectivity index (χ0v) is 15.6. The summed E-state index contributed by atoms with van der Waals surface area (Å²) in [5.74, 6) is 1.67. The van der Waals surface area contributed by atoms with Crippen LogP contribution in [-0.4, -0.2) is 18.0 Å². The van der Waals surface area contributed by atoms with E-state index in [2.05, 4.69) is 59.5 Å². The molecule has 134 valence electrons. The van der Waals surface area contributed by atoms with Crippen molar-refractivity contribution in [2.45, 2.75) is 63.3 Å². The molecule has 1 aliphatic heterocycles. The lowest BCUT2D eigenvalue weighted by molar-refractivity contribution is 0.0270. The van der Waals surface area contributed by atoms with Gasteiger partial charge in [-0.15, -0.1) is 0 Å². The van der Waals surface area contributed by atoms with Gasteiger partial charge in [0.1, 0.15) is 0 Å². The second kappa shape index (κ2) is 7.91. The topological polar surface area (TPSA) is 3.24 Å². The molecule has 0 bridgehead atoms. The fraction of sp³-hybridized carbons (Fsp3) is 0.583. The summed E-state index contributed by atoms with van der Waals surface area (Å²) in [7, 11) is 0. The van der Waals surface area contributed by atoms with Gasteiger partial charge in [-0.1, -0.05) is 80.3 Å². The molecule has 1 aromatic carbocycles. The van der Waals surface area contributed by atoms with Crippen molar-refractivity contribution in [2.24, 2.45) is 11.8 Å². The summed E-state index contributed by atoms with van der Waals surface area (Å²) in [6, 6.07) is 11.4. The van der Waals surface area contributed by atoms with Crippen molar-refractivity contribution in [1.82, 2.24) is 4.90 Å². The molecule has 2 aliphatic carbocycles. The molecule has 1 unspecified atom stereocenters. The second-order valence-corrected chi connectivity index (χ2v) is 8.35. The lowest BCUT2D eigenvalue weighted by Gasteiger charge is -2.48. The molecule has 1 heterocycles. The van der Waals surface area contributed by atoms with Gasteiger partial charge >= 0.3 is 0 Å². The number of nitrogens with zero attached hydrogens (tertiary/aromatic N) is 1. The number of hydrogen-bond acceptors (Lipinski definition) is 1. The van der Waals surface area contributed by atoms with E-state index in [-0.39, 0.29) is 0 Å². The SMILES string of the molecule is C1=CCC(C2CCN(C3(c4ccccc4)CCCCCC3)CC2)C=C1. The van der Waals surface area contributed by atoms with Crippen molar-refractivity contribution >= 4 is 0 Å². The van der Waals surface area contributed by atoms with Crippen LogP contribution in [0.5, 0.6) is 0 Å². The van der Waals surface area contributed by atoms with Gasteiger partial charge in [0.25, 0.3) is 0 Å². The van der Waals surface area contributed by atoms with Crippen LogP contribution in [-0.2, 0) is 5.54 Å². The quantitative estimate of drug-likeness (QED) is 0.605. The Hall–Kier alpha value is -1.34. The molecule has 2 fully saturated rings. The van der Waals surface area contributed by atoms with Gasteiger partial charge in [-0.2, -0.15) is 0 Å². The molecule has 1 saturated carbocycles. The lowest BCUT2D eigenvalue weighted by atomic mass is 9.76. The van der Waals surface area contributed by atoms with E-state index in [1.807, 2.05) is 0 Å². The Kier molecular flexibility index (Phi) is 5.41. The van der Waals surface area contributed by atoms with E-state index >= 15 is 0 Å². The van der Waals surface area contributed by atoms with E-state index in [9.17, 15) is 0 Å². The minimum atomic E-state index is 0.311. The fourth-order valence-corrected chi connectivity index (χ4v) is 5.55. The van der Waals surface area contributed by atoms with Crippen molar-refractivity contribution < 1.29 is 0 Å². The van der Waals surface area contributed by atoms with Crippen LogP contribution in [0.4, 0.5) is 0 Å². The monoisotopic (exact) mass is 335 g/mol. The molecular formula is C24H33N. The molecular weight excluding hydrogens is 302 g/mol. The van der Waals surface area contributed by atoms with Crippen LogP contribution in [0, 0.1) is 11.8 Å². The van der Waals surface area contributed by atoms with E-state index in [4.69, 9.17) is 0 Å². The van der Waals surface area contributed by atoms with Crippen molar-refractivity contribution in [3.8, 4) is 0 Å². The normalized spacial score (nSPS) is 27.9. The minimum Gasteiger partial charge on any atom is -0.294 e. The van der Waals surface area contributed by atoms with Gasteiger partial charge in [-0.3, -0.25) is 4.90 Å². The van der Waals surface area contributed by atoms with Crippen LogP contribution in [0.3, 0.4) is 0 Å². The number of hydrogen-bond donors (Lipinski definition) is 0. The third kappa shape index (κ3) is 3.62. The summed E-state index contributed by atoms with van der Waals surface area (Å²) in [6.45, 7) is 2.57. The van der Waals surface area contributed by atoms with Gasteiger partial charge in [-0.25, -0.2) is 0 Å². The summed E-state index contributed by atoms with van der Waals surface area (Å²) in [4.78, 5) is 2.88. The number of rotatable bonds is 3. The van der Waals surface area contributed by atoms with Crippen LogP contribution < -0.4 is 0 Å². The summed E-state index contributed by atoms with van der Waals surface area (Å²) in [5.41, 5.74) is 1.89. The summed E-state index contributed by atoms with van der Waals surface area (Å²) in [5, 5.41) is 0. The molecule has 0 spiro atoms. The third-order valence-electron chi connectivity index (χ3n) is 7.01. The van der Waals surface area contributed by atoms with Crippen molar-refractivity contribution in [3.05, 3.63) is 60.2 Å².